The fraction of sp³-hybridized carbons (Fsp3) is 0.654. The largest absolute Gasteiger partial charge is 0.381 e. The highest BCUT2D eigenvalue weighted by atomic mass is 16.5. The lowest BCUT2D eigenvalue weighted by Gasteiger charge is -2.40. The molecule has 1 saturated carbocycles. The van der Waals surface area contributed by atoms with E-state index in [1.54, 1.807) is 20.4 Å². The molecule has 0 spiro atoms. The Morgan fingerprint density at radius 1 is 1.06 bits per heavy atom. The summed E-state index contributed by atoms with van der Waals surface area (Å²) in [4.78, 5) is 31.9. The van der Waals surface area contributed by atoms with Crippen LogP contribution in [-0.4, -0.2) is 72.2 Å². The van der Waals surface area contributed by atoms with Crippen molar-refractivity contribution in [3.8, 4) is 0 Å². The molecule has 0 bridgehead atoms. The maximum atomic E-state index is 13.3. The van der Waals surface area contributed by atoms with E-state index in [1.807, 2.05) is 33.8 Å². The Morgan fingerprint density at radius 3 is 2.50 bits per heavy atom. The minimum Gasteiger partial charge on any atom is -0.381 e. The number of piperidine rings is 1. The fourth-order valence-electron chi connectivity index (χ4n) is 5.53. The molecule has 1 aliphatic heterocycles. The van der Waals surface area contributed by atoms with E-state index < -0.39 is 0 Å². The van der Waals surface area contributed by atoms with Crippen molar-refractivity contribution in [2.75, 3.05) is 33.9 Å². The van der Waals surface area contributed by atoms with E-state index >= 15 is 0 Å². The van der Waals surface area contributed by atoms with Gasteiger partial charge in [0.15, 0.2) is 0 Å². The first-order valence-electron chi connectivity index (χ1n) is 12.7. The van der Waals surface area contributed by atoms with Crippen LogP contribution in [0.2, 0.25) is 0 Å². The van der Waals surface area contributed by atoms with Gasteiger partial charge in [-0.3, -0.25) is 9.59 Å². The monoisotopic (exact) mass is 470 g/mol. The number of imidazole rings is 1. The number of unbranched alkanes of at least 4 members (excludes halogenated alkanes) is 1. The molecule has 8 heteroatoms. The quantitative estimate of drug-likeness (QED) is 0.569. The van der Waals surface area contributed by atoms with Crippen LogP contribution in [0, 0.1) is 11.8 Å². The molecule has 1 aliphatic carbocycles. The van der Waals surface area contributed by atoms with Gasteiger partial charge >= 0.3 is 0 Å². The number of rotatable bonds is 9. The number of fused-ring (bicyclic) bond motifs is 1. The first-order chi connectivity index (χ1) is 16.6. The summed E-state index contributed by atoms with van der Waals surface area (Å²) in [5, 5.41) is 3.02. The van der Waals surface area contributed by atoms with Gasteiger partial charge in [0, 0.05) is 52.4 Å². The van der Waals surface area contributed by atoms with Crippen LogP contribution in [0.1, 0.15) is 61.7 Å². The maximum Gasteiger partial charge on any atom is 0.252 e. The zero-order valence-corrected chi connectivity index (χ0v) is 20.4. The van der Waals surface area contributed by atoms with Gasteiger partial charge in [0.25, 0.3) is 5.91 Å². The molecule has 1 N–H and O–H groups in total. The van der Waals surface area contributed by atoms with Crippen molar-refractivity contribution in [2.45, 2.75) is 63.6 Å². The molecule has 186 valence electrons. The van der Waals surface area contributed by atoms with E-state index in [2.05, 4.69) is 10.3 Å². The SMILES string of the molecule is COC1CCCC(OC)C1C(=O)N1CCC(CCCCNC(=O)c2ccc3nccn3c2)CC1. The van der Waals surface area contributed by atoms with Crippen LogP contribution in [0.15, 0.2) is 30.7 Å². The van der Waals surface area contributed by atoms with Crippen molar-refractivity contribution in [3.05, 3.63) is 36.3 Å². The summed E-state index contributed by atoms with van der Waals surface area (Å²) in [6, 6.07) is 3.66. The Kier molecular flexibility index (Phi) is 8.56. The van der Waals surface area contributed by atoms with Gasteiger partial charge in [0.05, 0.1) is 23.7 Å². The van der Waals surface area contributed by atoms with E-state index in [-0.39, 0.29) is 29.9 Å². The molecule has 2 aromatic rings. The average molecular weight is 471 g/mol. The van der Waals surface area contributed by atoms with Crippen molar-refractivity contribution >= 4 is 17.5 Å². The van der Waals surface area contributed by atoms with Crippen LogP contribution in [0.5, 0.6) is 0 Å². The normalized spacial score (nSPS) is 23.8. The minimum absolute atomic E-state index is 0.0407. The number of carbonyl (C=O) groups excluding carboxylic acids is 2. The molecular weight excluding hydrogens is 432 g/mol. The minimum atomic E-state index is -0.182. The number of hydrogen-bond donors (Lipinski definition) is 1. The zero-order chi connectivity index (χ0) is 23.9. The molecule has 3 heterocycles. The number of nitrogens with one attached hydrogen (secondary N) is 1. The van der Waals surface area contributed by atoms with Crippen molar-refractivity contribution < 1.29 is 19.1 Å². The van der Waals surface area contributed by atoms with Crippen molar-refractivity contribution in [2.24, 2.45) is 11.8 Å². The average Bonchev–Trinajstić information content (AvgIpc) is 3.36. The first-order valence-corrected chi connectivity index (χ1v) is 12.7. The fourth-order valence-corrected chi connectivity index (χ4v) is 5.53. The molecular formula is C26H38N4O4. The number of pyridine rings is 1. The molecule has 4 rings (SSSR count). The third kappa shape index (κ3) is 5.78. The van der Waals surface area contributed by atoms with Gasteiger partial charge in [-0.2, -0.15) is 0 Å². The van der Waals surface area contributed by atoms with E-state index in [4.69, 9.17) is 9.47 Å². The number of ether oxygens (including phenoxy) is 2. The zero-order valence-electron chi connectivity index (χ0n) is 20.4. The summed E-state index contributed by atoms with van der Waals surface area (Å²) in [6.07, 6.45) is 13.5. The highest BCUT2D eigenvalue weighted by Crippen LogP contribution is 2.32. The molecule has 2 unspecified atom stereocenters. The Bertz CT molecular complexity index is 941. The highest BCUT2D eigenvalue weighted by molar-refractivity contribution is 5.94. The molecule has 0 radical (unpaired) electrons. The predicted octanol–water partition coefficient (Wildman–Crippen LogP) is 3.30. The summed E-state index contributed by atoms with van der Waals surface area (Å²) in [6.45, 7) is 2.32. The second-order valence-electron chi connectivity index (χ2n) is 9.64. The molecule has 2 amide bonds. The van der Waals surface area contributed by atoms with Gasteiger partial charge < -0.3 is 24.1 Å². The Morgan fingerprint density at radius 2 is 1.79 bits per heavy atom. The number of likely N-dealkylation sites (tertiary alicyclic amines) is 1. The Balaban J connectivity index is 1.14. The summed E-state index contributed by atoms with van der Waals surface area (Å²) in [5.41, 5.74) is 1.48. The maximum absolute atomic E-state index is 13.3. The summed E-state index contributed by atoms with van der Waals surface area (Å²) < 4.78 is 13.1. The second-order valence-corrected chi connectivity index (χ2v) is 9.64. The topological polar surface area (TPSA) is 85.2 Å². The summed E-state index contributed by atoms with van der Waals surface area (Å²) in [5.74, 6) is 0.618. The van der Waals surface area contributed by atoms with Crippen molar-refractivity contribution in [3.63, 3.8) is 0 Å². The van der Waals surface area contributed by atoms with E-state index in [9.17, 15) is 9.59 Å². The van der Waals surface area contributed by atoms with Crippen LogP contribution in [0.25, 0.3) is 5.65 Å². The van der Waals surface area contributed by atoms with Gasteiger partial charge in [-0.15, -0.1) is 0 Å². The number of carbonyl (C=O) groups is 2. The smallest absolute Gasteiger partial charge is 0.252 e. The van der Waals surface area contributed by atoms with Gasteiger partial charge in [0.1, 0.15) is 5.65 Å². The van der Waals surface area contributed by atoms with Crippen LogP contribution < -0.4 is 5.32 Å². The highest BCUT2D eigenvalue weighted by Gasteiger charge is 2.41. The van der Waals surface area contributed by atoms with E-state index in [0.29, 0.717) is 18.0 Å². The number of hydrogen-bond acceptors (Lipinski definition) is 5. The van der Waals surface area contributed by atoms with E-state index in [1.165, 1.54) is 0 Å². The van der Waals surface area contributed by atoms with Gasteiger partial charge in [0.2, 0.25) is 5.91 Å². The third-order valence-electron chi connectivity index (χ3n) is 7.57. The lowest BCUT2D eigenvalue weighted by Crippen LogP contribution is -2.51. The van der Waals surface area contributed by atoms with Crippen molar-refractivity contribution in [1.82, 2.24) is 19.6 Å². The lowest BCUT2D eigenvalue weighted by molar-refractivity contribution is -0.153. The number of nitrogens with zero attached hydrogens (tertiary/aromatic N) is 3. The molecule has 2 aromatic heterocycles. The van der Waals surface area contributed by atoms with Crippen LogP contribution in [0.4, 0.5) is 0 Å². The Labute approximate surface area is 202 Å². The van der Waals surface area contributed by atoms with Gasteiger partial charge in [-0.05, 0) is 56.6 Å². The third-order valence-corrected chi connectivity index (χ3v) is 7.57. The number of methoxy groups -OCH3 is 2. The lowest BCUT2D eigenvalue weighted by atomic mass is 9.82. The number of amides is 2. The first kappa shape index (κ1) is 24.7. The molecule has 0 aromatic carbocycles. The standard InChI is InChI=1S/C26H38N4O4/c1-33-21-7-5-8-22(34-2)24(21)26(32)29-15-11-19(12-16-29)6-3-4-13-28-25(31)20-9-10-23-27-14-17-30(23)18-20/h9-10,14,17-19,21-22,24H,3-8,11-13,15-16H2,1-2H3,(H,28,31). The second kappa shape index (κ2) is 11.8. The van der Waals surface area contributed by atoms with Crippen LogP contribution >= 0.6 is 0 Å². The van der Waals surface area contributed by atoms with Crippen molar-refractivity contribution in [1.29, 1.82) is 0 Å². The molecule has 2 aliphatic rings. The van der Waals surface area contributed by atoms with Crippen LogP contribution in [-0.2, 0) is 14.3 Å². The van der Waals surface area contributed by atoms with Crippen LogP contribution in [0.3, 0.4) is 0 Å². The molecule has 8 nitrogen and oxygen atoms in total. The number of aromatic nitrogens is 2. The Hall–Kier alpha value is -2.45. The van der Waals surface area contributed by atoms with E-state index in [0.717, 1.165) is 70.1 Å². The van der Waals surface area contributed by atoms with Gasteiger partial charge in [-0.1, -0.05) is 12.8 Å². The summed E-state index contributed by atoms with van der Waals surface area (Å²) >= 11 is 0. The predicted molar refractivity (Wildman–Crippen MR) is 130 cm³/mol. The molecule has 2 fully saturated rings. The molecule has 2 atom stereocenters. The van der Waals surface area contributed by atoms with Gasteiger partial charge in [-0.25, -0.2) is 4.98 Å². The molecule has 1 saturated heterocycles. The summed E-state index contributed by atoms with van der Waals surface area (Å²) in [7, 11) is 3.41. The molecule has 34 heavy (non-hydrogen) atoms.